The van der Waals surface area contributed by atoms with Gasteiger partial charge in [-0.2, -0.15) is 0 Å². The summed E-state index contributed by atoms with van der Waals surface area (Å²) in [6.45, 7) is 0. The lowest BCUT2D eigenvalue weighted by Crippen LogP contribution is -2.41. The van der Waals surface area contributed by atoms with E-state index in [9.17, 15) is 14.0 Å². The first-order valence-electron chi connectivity index (χ1n) is 5.28. The summed E-state index contributed by atoms with van der Waals surface area (Å²) in [5, 5.41) is 0. The second kappa shape index (κ2) is 6.47. The van der Waals surface area contributed by atoms with Crippen LogP contribution in [-0.2, 0) is 0 Å². The molecule has 1 aromatic carbocycles. The smallest absolute Gasteiger partial charge is 0.267 e. The van der Waals surface area contributed by atoms with Crippen molar-refractivity contribution in [3.63, 3.8) is 0 Å². The van der Waals surface area contributed by atoms with Crippen LogP contribution in [-0.4, -0.2) is 11.8 Å². The number of hydrogen-bond acceptors (Lipinski definition) is 3. The van der Waals surface area contributed by atoms with Crippen LogP contribution in [0.1, 0.15) is 20.0 Å². The van der Waals surface area contributed by atoms with Crippen molar-refractivity contribution >= 4 is 55.0 Å². The average Bonchev–Trinajstić information content (AvgIpc) is 2.81. The fraction of sp³-hybridized carbons (Fsp3) is 0. The molecule has 2 amide bonds. The second-order valence-electron chi connectivity index (χ2n) is 3.67. The number of carbonyl (C=O) groups is 2. The summed E-state index contributed by atoms with van der Waals surface area (Å²) in [5.74, 6) is -1.59. The van der Waals surface area contributed by atoms with Gasteiger partial charge in [-0.1, -0.05) is 15.9 Å². The molecule has 1 aromatic heterocycles. The van der Waals surface area contributed by atoms with Crippen LogP contribution in [0.5, 0.6) is 0 Å². The average molecular weight is 422 g/mol. The van der Waals surface area contributed by atoms with Gasteiger partial charge in [0.05, 0.1) is 8.66 Å². The van der Waals surface area contributed by atoms with E-state index in [0.29, 0.717) is 9.35 Å². The predicted octanol–water partition coefficient (Wildman–Crippen LogP) is 3.49. The molecule has 0 atom stereocenters. The molecule has 0 bridgehead atoms. The minimum Gasteiger partial charge on any atom is -0.267 e. The van der Waals surface area contributed by atoms with Gasteiger partial charge in [-0.25, -0.2) is 4.39 Å². The van der Waals surface area contributed by atoms with E-state index in [0.717, 1.165) is 9.85 Å². The summed E-state index contributed by atoms with van der Waals surface area (Å²) < 4.78 is 14.4. The van der Waals surface area contributed by atoms with Gasteiger partial charge in [-0.15, -0.1) is 11.3 Å². The molecule has 0 aliphatic heterocycles. The number of nitrogens with one attached hydrogen (secondary N) is 2. The van der Waals surface area contributed by atoms with Crippen LogP contribution in [0.25, 0.3) is 0 Å². The highest BCUT2D eigenvalue weighted by Gasteiger charge is 2.12. The molecule has 0 radical (unpaired) electrons. The van der Waals surface area contributed by atoms with Gasteiger partial charge in [-0.05, 0) is 46.3 Å². The molecule has 4 nitrogen and oxygen atoms in total. The van der Waals surface area contributed by atoms with Crippen molar-refractivity contribution in [2.75, 3.05) is 0 Å². The van der Waals surface area contributed by atoms with Gasteiger partial charge >= 0.3 is 0 Å². The topological polar surface area (TPSA) is 58.2 Å². The number of hydrogen-bond donors (Lipinski definition) is 2. The van der Waals surface area contributed by atoms with Gasteiger partial charge < -0.3 is 0 Å². The van der Waals surface area contributed by atoms with Gasteiger partial charge in [0, 0.05) is 10.0 Å². The Kier molecular flexibility index (Phi) is 4.90. The van der Waals surface area contributed by atoms with Crippen molar-refractivity contribution in [1.82, 2.24) is 10.9 Å². The molecule has 1 heterocycles. The molecule has 2 N–H and O–H groups in total. The molecular formula is C12H7Br2FN2O2S. The van der Waals surface area contributed by atoms with E-state index in [2.05, 4.69) is 42.7 Å². The molecule has 2 aromatic rings. The van der Waals surface area contributed by atoms with Crippen molar-refractivity contribution in [2.45, 2.75) is 0 Å². The quantitative estimate of drug-likeness (QED) is 0.729. The lowest BCUT2D eigenvalue weighted by Gasteiger charge is -2.06. The molecule has 20 heavy (non-hydrogen) atoms. The summed E-state index contributed by atoms with van der Waals surface area (Å²) in [6, 6.07) is 7.11. The van der Waals surface area contributed by atoms with E-state index in [1.54, 1.807) is 12.1 Å². The summed E-state index contributed by atoms with van der Waals surface area (Å²) in [5.41, 5.74) is 4.59. The molecule has 2 rings (SSSR count). The first kappa shape index (κ1) is 15.1. The van der Waals surface area contributed by atoms with Gasteiger partial charge in [-0.3, -0.25) is 20.4 Å². The highest BCUT2D eigenvalue weighted by molar-refractivity contribution is 9.11. The van der Waals surface area contributed by atoms with Crippen LogP contribution in [0.3, 0.4) is 0 Å². The summed E-state index contributed by atoms with van der Waals surface area (Å²) in [7, 11) is 0. The Labute approximate surface area is 134 Å². The Bertz CT molecular complexity index is 655. The Hall–Kier alpha value is -1.25. The zero-order chi connectivity index (χ0) is 14.7. The number of hydrazine groups is 1. The normalized spacial score (nSPS) is 10.2. The first-order chi connectivity index (χ1) is 9.45. The maximum atomic E-state index is 13.2. The van der Waals surface area contributed by atoms with Crippen molar-refractivity contribution in [1.29, 1.82) is 0 Å². The fourth-order valence-electron chi connectivity index (χ4n) is 1.37. The number of rotatable bonds is 2. The van der Waals surface area contributed by atoms with Crippen LogP contribution in [0, 0.1) is 5.82 Å². The molecule has 104 valence electrons. The molecular weight excluding hydrogens is 415 g/mol. The molecule has 0 fully saturated rings. The Balaban J connectivity index is 2.00. The lowest BCUT2D eigenvalue weighted by molar-refractivity contribution is 0.0848. The van der Waals surface area contributed by atoms with E-state index in [-0.39, 0.29) is 5.56 Å². The molecule has 8 heteroatoms. The Morgan fingerprint density at radius 1 is 1.05 bits per heavy atom. The number of amides is 2. The van der Waals surface area contributed by atoms with Crippen LogP contribution < -0.4 is 10.9 Å². The number of carbonyl (C=O) groups excluding carboxylic acids is 2. The molecule has 0 aliphatic rings. The van der Waals surface area contributed by atoms with Crippen molar-refractivity contribution in [3.05, 3.63) is 54.8 Å². The zero-order valence-electron chi connectivity index (χ0n) is 9.75. The second-order valence-corrected chi connectivity index (χ2v) is 7.05. The summed E-state index contributed by atoms with van der Waals surface area (Å²) in [6.07, 6.45) is 0. The number of benzene rings is 1. The monoisotopic (exact) mass is 420 g/mol. The zero-order valence-corrected chi connectivity index (χ0v) is 13.7. The molecule has 0 unspecified atom stereocenters. The molecule has 0 spiro atoms. The van der Waals surface area contributed by atoms with E-state index >= 15 is 0 Å². The van der Waals surface area contributed by atoms with Gasteiger partial charge in [0.25, 0.3) is 11.8 Å². The standard InChI is InChI=1S/C12H7Br2FN2O2S/c13-7-3-6(4-8(15)5-7)11(18)16-17-12(19)9-1-2-10(14)20-9/h1-5H,(H,16,18)(H,17,19). The third-order valence-electron chi connectivity index (χ3n) is 2.21. The van der Waals surface area contributed by atoms with Gasteiger partial charge in [0.1, 0.15) is 5.82 Å². The minimum atomic E-state index is -0.603. The third kappa shape index (κ3) is 3.87. The highest BCUT2D eigenvalue weighted by Crippen LogP contribution is 2.21. The predicted molar refractivity (Wildman–Crippen MR) is 81.1 cm³/mol. The highest BCUT2D eigenvalue weighted by atomic mass is 79.9. The van der Waals surface area contributed by atoms with E-state index in [1.165, 1.54) is 23.5 Å². The SMILES string of the molecule is O=C(NNC(=O)c1ccc(Br)s1)c1cc(F)cc(Br)c1. The summed E-state index contributed by atoms with van der Waals surface area (Å²) >= 11 is 7.56. The van der Waals surface area contributed by atoms with E-state index < -0.39 is 17.6 Å². The van der Waals surface area contributed by atoms with Crippen LogP contribution in [0.15, 0.2) is 38.6 Å². The number of halogens is 3. The Morgan fingerprint density at radius 3 is 2.35 bits per heavy atom. The maximum Gasteiger partial charge on any atom is 0.279 e. The number of thiophene rings is 1. The van der Waals surface area contributed by atoms with Crippen molar-refractivity contribution in [2.24, 2.45) is 0 Å². The van der Waals surface area contributed by atoms with Crippen LogP contribution >= 0.6 is 43.2 Å². The van der Waals surface area contributed by atoms with Crippen LogP contribution in [0.4, 0.5) is 4.39 Å². The van der Waals surface area contributed by atoms with E-state index in [4.69, 9.17) is 0 Å². The largest absolute Gasteiger partial charge is 0.279 e. The molecule has 0 saturated carbocycles. The van der Waals surface area contributed by atoms with E-state index in [1.807, 2.05) is 0 Å². The van der Waals surface area contributed by atoms with Crippen molar-refractivity contribution < 1.29 is 14.0 Å². The van der Waals surface area contributed by atoms with Crippen LogP contribution in [0.2, 0.25) is 0 Å². The van der Waals surface area contributed by atoms with Gasteiger partial charge in [0.2, 0.25) is 0 Å². The maximum absolute atomic E-state index is 13.2. The minimum absolute atomic E-state index is 0.101. The summed E-state index contributed by atoms with van der Waals surface area (Å²) in [4.78, 5) is 23.9. The Morgan fingerprint density at radius 2 is 1.75 bits per heavy atom. The fourth-order valence-corrected chi connectivity index (χ4v) is 3.12. The molecule has 0 aliphatic carbocycles. The lowest BCUT2D eigenvalue weighted by atomic mass is 10.2. The van der Waals surface area contributed by atoms with Crippen molar-refractivity contribution in [3.8, 4) is 0 Å². The van der Waals surface area contributed by atoms with Gasteiger partial charge in [0.15, 0.2) is 0 Å². The molecule has 0 saturated heterocycles. The third-order valence-corrected chi connectivity index (χ3v) is 4.29. The first-order valence-corrected chi connectivity index (χ1v) is 7.68.